The highest BCUT2D eigenvalue weighted by Gasteiger charge is 2.30. The molecule has 10 nitrogen and oxygen atoms in total. The van der Waals surface area contributed by atoms with Crippen LogP contribution in [0.4, 0.5) is 0 Å². The van der Waals surface area contributed by atoms with E-state index in [0.717, 1.165) is 25.0 Å². The normalized spacial score (nSPS) is 15.7. The summed E-state index contributed by atoms with van der Waals surface area (Å²) in [6.07, 6.45) is 3.65. The molecule has 11 heteroatoms. The van der Waals surface area contributed by atoms with Gasteiger partial charge in [0.05, 0.1) is 22.8 Å². The summed E-state index contributed by atoms with van der Waals surface area (Å²) in [5.74, 6) is 1.02. The molecule has 1 aromatic carbocycles. The van der Waals surface area contributed by atoms with E-state index in [2.05, 4.69) is 10.1 Å². The zero-order valence-electron chi connectivity index (χ0n) is 20.5. The molecule has 0 radical (unpaired) electrons. The van der Waals surface area contributed by atoms with E-state index < -0.39 is 10.0 Å². The monoisotopic (exact) mass is 503 g/mol. The third-order valence-electron chi connectivity index (χ3n) is 6.50. The molecule has 35 heavy (non-hydrogen) atoms. The summed E-state index contributed by atoms with van der Waals surface area (Å²) in [7, 11) is -2.04. The summed E-state index contributed by atoms with van der Waals surface area (Å²) >= 11 is 0. The predicted molar refractivity (Wildman–Crippen MR) is 133 cm³/mol. The van der Waals surface area contributed by atoms with Crippen molar-refractivity contribution in [1.29, 1.82) is 0 Å². The van der Waals surface area contributed by atoms with Crippen molar-refractivity contribution in [2.24, 2.45) is 13.0 Å². The molecule has 0 bridgehead atoms. The number of ether oxygens (including phenoxy) is 1. The van der Waals surface area contributed by atoms with Crippen LogP contribution in [0.2, 0.25) is 0 Å². The lowest BCUT2D eigenvalue weighted by Gasteiger charge is -2.31. The predicted octanol–water partition coefficient (Wildman–Crippen LogP) is 2.46. The molecule has 0 spiro atoms. The minimum Gasteiger partial charge on any atom is -0.493 e. The summed E-state index contributed by atoms with van der Waals surface area (Å²) in [6, 6.07) is 4.68. The van der Waals surface area contributed by atoms with Crippen molar-refractivity contribution in [3.8, 4) is 17.1 Å². The Morgan fingerprint density at radius 2 is 1.97 bits per heavy atom. The average molecular weight is 504 g/mol. The Morgan fingerprint density at radius 3 is 2.63 bits per heavy atom. The van der Waals surface area contributed by atoms with Gasteiger partial charge in [-0.25, -0.2) is 13.4 Å². The lowest BCUT2D eigenvalue weighted by molar-refractivity contribution is 0.208. The molecular weight excluding hydrogens is 470 g/mol. The topological polar surface area (TPSA) is 130 Å². The molecule has 0 unspecified atom stereocenters. The second-order valence-electron chi connectivity index (χ2n) is 8.88. The zero-order chi connectivity index (χ0) is 25.2. The largest absolute Gasteiger partial charge is 0.493 e. The van der Waals surface area contributed by atoms with E-state index in [-0.39, 0.29) is 22.9 Å². The SMILES string of the molecule is CCCc1nn(C)c2c(=O)[nH]c(-c3cc(S(=O)(=O)N4CCC(CCO)CC4)ccc3OCC)nc12. The molecular formula is C24H33N5O5S. The number of H-pyrrole nitrogens is 1. The average Bonchev–Trinajstić information content (AvgIpc) is 3.15. The zero-order valence-corrected chi connectivity index (χ0v) is 21.3. The fourth-order valence-electron chi connectivity index (χ4n) is 4.69. The molecule has 4 rings (SSSR count). The molecule has 3 aromatic rings. The molecule has 0 atom stereocenters. The van der Waals surface area contributed by atoms with E-state index in [1.165, 1.54) is 21.1 Å². The number of aliphatic hydroxyl groups is 1. The van der Waals surface area contributed by atoms with Gasteiger partial charge in [-0.2, -0.15) is 9.40 Å². The molecule has 2 aromatic heterocycles. The molecule has 0 saturated carbocycles. The molecule has 0 aliphatic carbocycles. The van der Waals surface area contributed by atoms with Crippen LogP contribution in [0.3, 0.4) is 0 Å². The number of hydrogen-bond acceptors (Lipinski definition) is 7. The minimum absolute atomic E-state index is 0.117. The highest BCUT2D eigenvalue weighted by Crippen LogP contribution is 2.33. The first-order valence-electron chi connectivity index (χ1n) is 12.1. The standard InChI is InChI=1S/C24H33N5O5S/c1-4-6-19-21-22(28(3)27-19)24(31)26-23(25-21)18-15-17(7-8-20(18)34-5-2)35(32,33)29-12-9-16(10-13-29)11-14-30/h7-8,15-16,30H,4-6,9-14H2,1-3H3,(H,25,26,31). The third-order valence-corrected chi connectivity index (χ3v) is 8.40. The maximum atomic E-state index is 13.5. The number of aryl methyl sites for hydroxylation is 2. The van der Waals surface area contributed by atoms with Crippen LogP contribution in [-0.4, -0.2) is 63.9 Å². The summed E-state index contributed by atoms with van der Waals surface area (Å²) in [4.78, 5) is 20.6. The lowest BCUT2D eigenvalue weighted by Crippen LogP contribution is -2.38. The van der Waals surface area contributed by atoms with E-state index in [9.17, 15) is 18.3 Å². The van der Waals surface area contributed by atoms with Crippen molar-refractivity contribution in [1.82, 2.24) is 24.1 Å². The van der Waals surface area contributed by atoms with Gasteiger partial charge < -0.3 is 14.8 Å². The van der Waals surface area contributed by atoms with Crippen LogP contribution in [0.1, 0.15) is 45.2 Å². The van der Waals surface area contributed by atoms with E-state index in [1.807, 2.05) is 13.8 Å². The fraction of sp³-hybridized carbons (Fsp3) is 0.542. The fourth-order valence-corrected chi connectivity index (χ4v) is 6.18. The maximum Gasteiger partial charge on any atom is 0.277 e. The Hall–Kier alpha value is -2.76. The molecule has 1 saturated heterocycles. The molecule has 3 heterocycles. The van der Waals surface area contributed by atoms with Crippen molar-refractivity contribution in [3.05, 3.63) is 34.2 Å². The smallest absolute Gasteiger partial charge is 0.277 e. The van der Waals surface area contributed by atoms with Crippen molar-refractivity contribution in [3.63, 3.8) is 0 Å². The first kappa shape index (κ1) is 25.3. The van der Waals surface area contributed by atoms with E-state index in [0.29, 0.717) is 60.8 Å². The molecule has 190 valence electrons. The Balaban J connectivity index is 1.78. The van der Waals surface area contributed by atoms with E-state index >= 15 is 0 Å². The number of aromatic nitrogens is 4. The van der Waals surface area contributed by atoms with Gasteiger partial charge in [0, 0.05) is 26.7 Å². The van der Waals surface area contributed by atoms with Crippen molar-refractivity contribution < 1.29 is 18.3 Å². The van der Waals surface area contributed by atoms with Gasteiger partial charge in [0.15, 0.2) is 5.52 Å². The number of fused-ring (bicyclic) bond motifs is 1. The van der Waals surface area contributed by atoms with Crippen LogP contribution in [0.25, 0.3) is 22.4 Å². The highest BCUT2D eigenvalue weighted by atomic mass is 32.2. The summed E-state index contributed by atoms with van der Waals surface area (Å²) in [5, 5.41) is 13.6. The van der Waals surface area contributed by atoms with Crippen LogP contribution < -0.4 is 10.3 Å². The molecule has 0 amide bonds. The van der Waals surface area contributed by atoms with Gasteiger partial charge in [-0.3, -0.25) is 9.48 Å². The van der Waals surface area contributed by atoms with Gasteiger partial charge >= 0.3 is 0 Å². The number of rotatable bonds is 9. The number of nitrogens with one attached hydrogen (secondary N) is 1. The number of hydrogen-bond donors (Lipinski definition) is 2. The number of sulfonamides is 1. The third kappa shape index (κ3) is 4.98. The van der Waals surface area contributed by atoms with Gasteiger partial charge in [-0.15, -0.1) is 0 Å². The number of aromatic amines is 1. The van der Waals surface area contributed by atoms with Crippen molar-refractivity contribution >= 4 is 21.1 Å². The Morgan fingerprint density at radius 1 is 1.23 bits per heavy atom. The van der Waals surface area contributed by atoms with E-state index in [1.54, 1.807) is 13.1 Å². The Labute approximate surface area is 205 Å². The van der Waals surface area contributed by atoms with Gasteiger partial charge in [-0.1, -0.05) is 13.3 Å². The second kappa shape index (κ2) is 10.5. The van der Waals surface area contributed by atoms with Crippen LogP contribution in [0, 0.1) is 5.92 Å². The number of nitrogens with zero attached hydrogens (tertiary/aromatic N) is 4. The second-order valence-corrected chi connectivity index (χ2v) is 10.8. The Bertz CT molecular complexity index is 1360. The van der Waals surface area contributed by atoms with Crippen LogP contribution in [0.5, 0.6) is 5.75 Å². The number of benzene rings is 1. The molecule has 1 aliphatic rings. The van der Waals surface area contributed by atoms with Gasteiger partial charge in [0.1, 0.15) is 17.1 Å². The van der Waals surface area contributed by atoms with Gasteiger partial charge in [-0.05, 0) is 56.7 Å². The van der Waals surface area contributed by atoms with Crippen LogP contribution >= 0.6 is 0 Å². The lowest BCUT2D eigenvalue weighted by atomic mass is 9.95. The maximum absolute atomic E-state index is 13.5. The highest BCUT2D eigenvalue weighted by molar-refractivity contribution is 7.89. The van der Waals surface area contributed by atoms with Crippen LogP contribution in [-0.2, 0) is 23.5 Å². The summed E-state index contributed by atoms with van der Waals surface area (Å²) in [5.41, 5.74) is 1.68. The Kier molecular flexibility index (Phi) is 7.58. The van der Waals surface area contributed by atoms with E-state index in [4.69, 9.17) is 9.72 Å². The quantitative estimate of drug-likeness (QED) is 0.459. The minimum atomic E-state index is -3.75. The van der Waals surface area contributed by atoms with Crippen molar-refractivity contribution in [2.45, 2.75) is 50.8 Å². The van der Waals surface area contributed by atoms with Gasteiger partial charge in [0.2, 0.25) is 10.0 Å². The number of aliphatic hydroxyl groups excluding tert-OH is 1. The summed E-state index contributed by atoms with van der Waals surface area (Å²) < 4.78 is 35.7. The number of piperidine rings is 1. The summed E-state index contributed by atoms with van der Waals surface area (Å²) in [6.45, 7) is 5.18. The molecule has 1 aliphatic heterocycles. The van der Waals surface area contributed by atoms with Gasteiger partial charge in [0.25, 0.3) is 5.56 Å². The molecule has 1 fully saturated rings. The first-order valence-corrected chi connectivity index (χ1v) is 13.6. The molecule has 2 N–H and O–H groups in total. The first-order chi connectivity index (χ1) is 16.8. The van der Waals surface area contributed by atoms with Crippen molar-refractivity contribution in [2.75, 3.05) is 26.3 Å². The van der Waals surface area contributed by atoms with Crippen LogP contribution in [0.15, 0.2) is 27.9 Å².